The standard InChI is InChI=1S/C28H33N5O/c1-21(17-31-12-10-23-5-3-4-6-26(23)19-31)18-32-13-14-33(22(32)2)20-27-8-7-25(16-30-27)24-9-11-29-28(34)15-24/h3-9,11,15-16,21H,2,10,12-14,17-20H2,1H3,(H,29,34)/t21-/m1/s1. The van der Waals surface area contributed by atoms with Crippen molar-refractivity contribution in [1.82, 2.24) is 24.7 Å². The maximum absolute atomic E-state index is 11.6. The molecule has 0 saturated carbocycles. The number of fused-ring (bicyclic) bond motifs is 1. The van der Waals surface area contributed by atoms with Crippen molar-refractivity contribution in [1.29, 1.82) is 0 Å². The fourth-order valence-corrected chi connectivity index (χ4v) is 5.16. The topological polar surface area (TPSA) is 55.5 Å². The first-order chi connectivity index (χ1) is 16.5. The Morgan fingerprint density at radius 1 is 1.00 bits per heavy atom. The van der Waals surface area contributed by atoms with Crippen LogP contribution in [0, 0.1) is 5.92 Å². The van der Waals surface area contributed by atoms with E-state index in [1.165, 1.54) is 11.1 Å². The zero-order valence-electron chi connectivity index (χ0n) is 19.9. The Labute approximate surface area is 201 Å². The van der Waals surface area contributed by atoms with Crippen LogP contribution in [-0.4, -0.2) is 57.4 Å². The maximum Gasteiger partial charge on any atom is 0.248 e. The molecule has 2 aliphatic heterocycles. The van der Waals surface area contributed by atoms with E-state index in [-0.39, 0.29) is 5.56 Å². The summed E-state index contributed by atoms with van der Waals surface area (Å²) in [6, 6.07) is 16.4. The third-order valence-electron chi connectivity index (χ3n) is 6.97. The van der Waals surface area contributed by atoms with Crippen LogP contribution in [0.15, 0.2) is 78.1 Å². The highest BCUT2D eigenvalue weighted by molar-refractivity contribution is 5.61. The summed E-state index contributed by atoms with van der Waals surface area (Å²) in [4.78, 5) is 26.2. The number of H-pyrrole nitrogens is 1. The highest BCUT2D eigenvalue weighted by Gasteiger charge is 2.26. The van der Waals surface area contributed by atoms with Crippen molar-refractivity contribution in [2.45, 2.75) is 26.4 Å². The summed E-state index contributed by atoms with van der Waals surface area (Å²) in [6.07, 6.45) is 4.67. The lowest BCUT2D eigenvalue weighted by Gasteiger charge is -2.33. The van der Waals surface area contributed by atoms with Gasteiger partial charge < -0.3 is 14.8 Å². The van der Waals surface area contributed by atoms with E-state index in [2.05, 4.69) is 62.4 Å². The van der Waals surface area contributed by atoms with Gasteiger partial charge in [0.05, 0.1) is 18.1 Å². The predicted molar refractivity (Wildman–Crippen MR) is 136 cm³/mol. The number of benzene rings is 1. The zero-order chi connectivity index (χ0) is 23.5. The Balaban J connectivity index is 1.13. The van der Waals surface area contributed by atoms with Crippen LogP contribution in [0.4, 0.5) is 0 Å². The van der Waals surface area contributed by atoms with Gasteiger partial charge >= 0.3 is 0 Å². The number of nitrogens with one attached hydrogen (secondary N) is 1. The number of aromatic nitrogens is 2. The fourth-order valence-electron chi connectivity index (χ4n) is 5.16. The number of pyridine rings is 2. The van der Waals surface area contributed by atoms with E-state index in [0.29, 0.717) is 5.92 Å². The molecule has 1 atom stereocenters. The number of aromatic amines is 1. The SMILES string of the molecule is C=C1N(Cc2ccc(-c3cc[nH]c(=O)c3)cn2)CCN1C[C@H](C)CN1CCc2ccccc2C1. The Morgan fingerprint density at radius 3 is 2.62 bits per heavy atom. The van der Waals surface area contributed by atoms with Gasteiger partial charge in [0.1, 0.15) is 0 Å². The minimum absolute atomic E-state index is 0.102. The third kappa shape index (κ3) is 5.07. The predicted octanol–water partition coefficient (Wildman–Crippen LogP) is 3.72. The summed E-state index contributed by atoms with van der Waals surface area (Å²) in [7, 11) is 0. The van der Waals surface area contributed by atoms with Crippen LogP contribution in [0.1, 0.15) is 23.7 Å². The van der Waals surface area contributed by atoms with Gasteiger partial charge in [-0.05, 0) is 41.2 Å². The minimum atomic E-state index is -0.102. The Morgan fingerprint density at radius 2 is 1.82 bits per heavy atom. The Hall–Kier alpha value is -3.38. The van der Waals surface area contributed by atoms with Crippen LogP contribution in [0.5, 0.6) is 0 Å². The van der Waals surface area contributed by atoms with E-state index in [4.69, 9.17) is 0 Å². The maximum atomic E-state index is 11.6. The quantitative estimate of drug-likeness (QED) is 0.589. The second-order valence-electron chi connectivity index (χ2n) is 9.62. The molecule has 1 N–H and O–H groups in total. The van der Waals surface area contributed by atoms with E-state index < -0.39 is 0 Å². The van der Waals surface area contributed by atoms with Crippen molar-refractivity contribution in [3.05, 3.63) is 100 Å². The molecular weight excluding hydrogens is 422 g/mol. The molecule has 34 heavy (non-hydrogen) atoms. The second-order valence-corrected chi connectivity index (χ2v) is 9.62. The number of rotatable bonds is 7. The van der Waals surface area contributed by atoms with Gasteiger partial charge in [0.25, 0.3) is 0 Å². The Kier molecular flexibility index (Phi) is 6.50. The van der Waals surface area contributed by atoms with Gasteiger partial charge in [-0.2, -0.15) is 0 Å². The molecule has 6 nitrogen and oxygen atoms in total. The normalized spacial score (nSPS) is 17.1. The molecule has 1 saturated heterocycles. The van der Waals surface area contributed by atoms with Crippen LogP contribution in [0.25, 0.3) is 11.1 Å². The first-order valence-corrected chi connectivity index (χ1v) is 12.2. The monoisotopic (exact) mass is 455 g/mol. The third-order valence-corrected chi connectivity index (χ3v) is 6.97. The lowest BCUT2D eigenvalue weighted by atomic mass is 9.99. The van der Waals surface area contributed by atoms with Crippen LogP contribution >= 0.6 is 0 Å². The molecule has 1 aromatic carbocycles. The van der Waals surface area contributed by atoms with Crippen molar-refractivity contribution in [3.63, 3.8) is 0 Å². The molecule has 2 aliphatic rings. The van der Waals surface area contributed by atoms with Crippen molar-refractivity contribution in [2.75, 3.05) is 32.7 Å². The van der Waals surface area contributed by atoms with Gasteiger partial charge in [0, 0.05) is 63.3 Å². The van der Waals surface area contributed by atoms with E-state index >= 15 is 0 Å². The number of nitrogens with zero attached hydrogens (tertiary/aromatic N) is 4. The molecule has 4 heterocycles. The number of hydrogen-bond donors (Lipinski definition) is 1. The minimum Gasteiger partial charge on any atom is -0.357 e. The molecule has 0 spiro atoms. The molecule has 3 aromatic rings. The van der Waals surface area contributed by atoms with Crippen molar-refractivity contribution in [2.24, 2.45) is 5.92 Å². The largest absolute Gasteiger partial charge is 0.357 e. The molecule has 0 radical (unpaired) electrons. The molecule has 0 bridgehead atoms. The summed E-state index contributed by atoms with van der Waals surface area (Å²) < 4.78 is 0. The first-order valence-electron chi connectivity index (χ1n) is 12.2. The lowest BCUT2D eigenvalue weighted by molar-refractivity contribution is 0.194. The van der Waals surface area contributed by atoms with E-state index in [1.54, 1.807) is 12.3 Å². The molecule has 1 fully saturated rings. The van der Waals surface area contributed by atoms with Crippen LogP contribution < -0.4 is 5.56 Å². The summed E-state index contributed by atoms with van der Waals surface area (Å²) in [6.45, 7) is 13.8. The summed E-state index contributed by atoms with van der Waals surface area (Å²) in [5.41, 5.74) is 5.73. The van der Waals surface area contributed by atoms with Gasteiger partial charge in [-0.1, -0.05) is 43.8 Å². The molecular formula is C28H33N5O. The molecule has 6 heteroatoms. The van der Waals surface area contributed by atoms with Crippen LogP contribution in [-0.2, 0) is 19.5 Å². The smallest absolute Gasteiger partial charge is 0.248 e. The lowest BCUT2D eigenvalue weighted by Crippen LogP contribution is -2.37. The molecule has 2 aromatic heterocycles. The van der Waals surface area contributed by atoms with Crippen molar-refractivity contribution < 1.29 is 0 Å². The molecule has 0 amide bonds. The average Bonchev–Trinajstić information content (AvgIpc) is 3.18. The molecule has 5 rings (SSSR count). The van der Waals surface area contributed by atoms with Gasteiger partial charge in [-0.15, -0.1) is 0 Å². The van der Waals surface area contributed by atoms with Gasteiger partial charge in [0.2, 0.25) is 5.56 Å². The molecule has 176 valence electrons. The summed E-state index contributed by atoms with van der Waals surface area (Å²) >= 11 is 0. The van der Waals surface area contributed by atoms with Crippen LogP contribution in [0.3, 0.4) is 0 Å². The van der Waals surface area contributed by atoms with E-state index in [9.17, 15) is 4.79 Å². The number of hydrogen-bond acceptors (Lipinski definition) is 5. The zero-order valence-corrected chi connectivity index (χ0v) is 19.9. The van der Waals surface area contributed by atoms with Gasteiger partial charge in [-0.3, -0.25) is 14.7 Å². The second kappa shape index (κ2) is 9.85. The Bertz CT molecular complexity index is 1200. The molecule has 0 aliphatic carbocycles. The van der Waals surface area contributed by atoms with Gasteiger partial charge in [0.15, 0.2) is 0 Å². The molecule has 0 unspecified atom stereocenters. The summed E-state index contributed by atoms with van der Waals surface area (Å²) in [5, 5.41) is 0. The average molecular weight is 456 g/mol. The first kappa shape index (κ1) is 22.4. The highest BCUT2D eigenvalue weighted by Crippen LogP contribution is 2.24. The fraction of sp³-hybridized carbons (Fsp3) is 0.357. The van der Waals surface area contributed by atoms with Crippen molar-refractivity contribution in [3.8, 4) is 11.1 Å². The van der Waals surface area contributed by atoms with Gasteiger partial charge in [-0.25, -0.2) is 0 Å². The van der Waals surface area contributed by atoms with Crippen molar-refractivity contribution >= 4 is 0 Å². The van der Waals surface area contributed by atoms with E-state index in [0.717, 1.165) is 74.9 Å². The highest BCUT2D eigenvalue weighted by atomic mass is 16.1. The van der Waals surface area contributed by atoms with Crippen LogP contribution in [0.2, 0.25) is 0 Å². The van der Waals surface area contributed by atoms with E-state index in [1.807, 2.05) is 24.4 Å². The summed E-state index contributed by atoms with van der Waals surface area (Å²) in [5.74, 6) is 1.67.